The molecule has 0 atom stereocenters. The van der Waals surface area contributed by atoms with Crippen LogP contribution >= 0.6 is 22.7 Å². The summed E-state index contributed by atoms with van der Waals surface area (Å²) in [6, 6.07) is -0.210. The molecular weight excluding hydrogens is 366 g/mol. The summed E-state index contributed by atoms with van der Waals surface area (Å²) in [4.78, 5) is 18.2. The monoisotopic (exact) mass is 391 g/mol. The number of nitrogens with one attached hydrogen (secondary N) is 2. The Morgan fingerprint density at radius 2 is 1.88 bits per heavy atom. The summed E-state index contributed by atoms with van der Waals surface area (Å²) in [5.41, 5.74) is 1.28. The van der Waals surface area contributed by atoms with Gasteiger partial charge in [-0.2, -0.15) is 0 Å². The molecule has 2 aromatic heterocycles. The lowest BCUT2D eigenvalue weighted by Gasteiger charge is -2.18. The van der Waals surface area contributed by atoms with Gasteiger partial charge in [-0.05, 0) is 38.5 Å². The van der Waals surface area contributed by atoms with E-state index in [9.17, 15) is 4.79 Å². The fourth-order valence-corrected chi connectivity index (χ4v) is 5.80. The first-order chi connectivity index (χ1) is 12.8. The van der Waals surface area contributed by atoms with E-state index < -0.39 is 0 Å². The van der Waals surface area contributed by atoms with Crippen molar-refractivity contribution in [3.8, 4) is 0 Å². The second-order valence-corrected chi connectivity index (χ2v) is 9.27. The van der Waals surface area contributed by atoms with Gasteiger partial charge in [0.05, 0.1) is 10.7 Å². The zero-order valence-corrected chi connectivity index (χ0v) is 16.6. The summed E-state index contributed by atoms with van der Waals surface area (Å²) < 4.78 is 0. The van der Waals surface area contributed by atoms with Crippen molar-refractivity contribution in [1.82, 2.24) is 20.5 Å². The Hall–Kier alpha value is -1.54. The SMILES string of the molecule is O=C(NCCc1nc2c(s1)CCCC2)Nc1nnc(C2CCCCC2)s1. The molecule has 6 nitrogen and oxygen atoms in total. The third-order valence-electron chi connectivity index (χ3n) is 5.13. The van der Waals surface area contributed by atoms with Gasteiger partial charge < -0.3 is 5.32 Å². The molecule has 140 valence electrons. The summed E-state index contributed by atoms with van der Waals surface area (Å²) in [5, 5.41) is 16.9. The van der Waals surface area contributed by atoms with Crippen molar-refractivity contribution >= 4 is 33.8 Å². The first-order valence-corrected chi connectivity index (χ1v) is 11.3. The van der Waals surface area contributed by atoms with Crippen molar-refractivity contribution in [2.45, 2.75) is 70.1 Å². The van der Waals surface area contributed by atoms with Gasteiger partial charge in [0.15, 0.2) is 0 Å². The van der Waals surface area contributed by atoms with Gasteiger partial charge in [-0.25, -0.2) is 9.78 Å². The Kier molecular flexibility index (Phi) is 5.79. The standard InChI is InChI=1S/C18H25N5OS2/c24-17(19-11-10-15-20-13-8-4-5-9-14(13)25-15)21-18-23-22-16(26-18)12-6-2-1-3-7-12/h12H,1-11H2,(H2,19,21,23,24). The number of hydrogen-bond donors (Lipinski definition) is 2. The van der Waals surface area contributed by atoms with Crippen LogP contribution in [0.15, 0.2) is 0 Å². The molecule has 2 heterocycles. The number of aryl methyl sites for hydroxylation is 2. The molecule has 1 fully saturated rings. The minimum absolute atomic E-state index is 0.210. The van der Waals surface area contributed by atoms with Crippen LogP contribution in [0.25, 0.3) is 0 Å². The number of anilines is 1. The van der Waals surface area contributed by atoms with Crippen LogP contribution in [0.4, 0.5) is 9.93 Å². The number of rotatable bonds is 5. The summed E-state index contributed by atoms with van der Waals surface area (Å²) in [7, 11) is 0. The van der Waals surface area contributed by atoms with Crippen molar-refractivity contribution in [2.24, 2.45) is 0 Å². The molecule has 1 saturated carbocycles. The highest BCUT2D eigenvalue weighted by Gasteiger charge is 2.20. The van der Waals surface area contributed by atoms with Crippen molar-refractivity contribution < 1.29 is 4.79 Å². The predicted molar refractivity (Wildman–Crippen MR) is 105 cm³/mol. The van der Waals surface area contributed by atoms with Gasteiger partial charge in [-0.15, -0.1) is 21.5 Å². The number of urea groups is 1. The Morgan fingerprint density at radius 1 is 1.04 bits per heavy atom. The summed E-state index contributed by atoms with van der Waals surface area (Å²) >= 11 is 3.32. The van der Waals surface area contributed by atoms with Gasteiger partial charge in [-0.3, -0.25) is 5.32 Å². The van der Waals surface area contributed by atoms with Crippen LogP contribution in [-0.2, 0) is 19.3 Å². The summed E-state index contributed by atoms with van der Waals surface area (Å²) in [6.45, 7) is 0.590. The topological polar surface area (TPSA) is 79.8 Å². The van der Waals surface area contributed by atoms with Crippen LogP contribution in [0.5, 0.6) is 0 Å². The van der Waals surface area contributed by atoms with Gasteiger partial charge >= 0.3 is 6.03 Å². The van der Waals surface area contributed by atoms with Crippen LogP contribution < -0.4 is 10.6 Å². The maximum atomic E-state index is 12.1. The highest BCUT2D eigenvalue weighted by molar-refractivity contribution is 7.15. The van der Waals surface area contributed by atoms with Crippen LogP contribution in [-0.4, -0.2) is 27.8 Å². The first kappa shape index (κ1) is 17.9. The minimum atomic E-state index is -0.210. The van der Waals surface area contributed by atoms with Crippen LogP contribution in [0.3, 0.4) is 0 Å². The van der Waals surface area contributed by atoms with E-state index in [2.05, 4.69) is 20.8 Å². The quantitative estimate of drug-likeness (QED) is 0.797. The van der Waals surface area contributed by atoms with E-state index in [-0.39, 0.29) is 6.03 Å². The molecule has 26 heavy (non-hydrogen) atoms. The fourth-order valence-electron chi connectivity index (χ4n) is 3.74. The largest absolute Gasteiger partial charge is 0.337 e. The van der Waals surface area contributed by atoms with E-state index in [0.29, 0.717) is 17.6 Å². The Morgan fingerprint density at radius 3 is 2.73 bits per heavy atom. The lowest BCUT2D eigenvalue weighted by atomic mass is 9.90. The minimum Gasteiger partial charge on any atom is -0.337 e. The van der Waals surface area contributed by atoms with Crippen LogP contribution in [0, 0.1) is 0 Å². The van der Waals surface area contributed by atoms with E-state index in [0.717, 1.165) is 22.9 Å². The third-order valence-corrected chi connectivity index (χ3v) is 7.35. The molecule has 0 spiro atoms. The Balaban J connectivity index is 1.23. The van der Waals surface area contributed by atoms with Gasteiger partial charge in [-0.1, -0.05) is 30.6 Å². The smallest absolute Gasteiger partial charge is 0.321 e. The maximum absolute atomic E-state index is 12.1. The molecule has 2 amide bonds. The zero-order valence-electron chi connectivity index (χ0n) is 14.9. The molecule has 8 heteroatoms. The lowest BCUT2D eigenvalue weighted by Crippen LogP contribution is -2.30. The molecular formula is C18H25N5OS2. The summed E-state index contributed by atoms with van der Waals surface area (Å²) in [6.07, 6.45) is 11.8. The molecule has 2 aliphatic rings. The van der Waals surface area contributed by atoms with Crippen LogP contribution in [0.2, 0.25) is 0 Å². The third kappa shape index (κ3) is 4.40. The number of carbonyl (C=O) groups is 1. The van der Waals surface area contributed by atoms with E-state index in [1.165, 1.54) is 73.3 Å². The van der Waals surface area contributed by atoms with E-state index >= 15 is 0 Å². The number of nitrogens with zero attached hydrogens (tertiary/aromatic N) is 3. The molecule has 0 radical (unpaired) electrons. The number of carbonyl (C=O) groups excluding carboxylic acids is 1. The molecule has 2 aromatic rings. The van der Waals surface area contributed by atoms with E-state index in [4.69, 9.17) is 4.98 Å². The van der Waals surface area contributed by atoms with E-state index in [1.54, 1.807) is 11.3 Å². The van der Waals surface area contributed by atoms with Gasteiger partial charge in [0.1, 0.15) is 5.01 Å². The number of amides is 2. The summed E-state index contributed by atoms with van der Waals surface area (Å²) in [5.74, 6) is 0.524. The van der Waals surface area contributed by atoms with Gasteiger partial charge in [0.25, 0.3) is 0 Å². The Bertz CT molecular complexity index is 727. The molecule has 4 rings (SSSR count). The van der Waals surface area contributed by atoms with Crippen molar-refractivity contribution in [1.29, 1.82) is 0 Å². The Labute approximate surface area is 161 Å². The second kappa shape index (κ2) is 8.43. The maximum Gasteiger partial charge on any atom is 0.321 e. The fraction of sp³-hybridized carbons (Fsp3) is 0.667. The molecule has 0 saturated heterocycles. The van der Waals surface area contributed by atoms with E-state index in [1.807, 2.05) is 0 Å². The molecule has 0 aromatic carbocycles. The second-order valence-electron chi connectivity index (χ2n) is 7.10. The highest BCUT2D eigenvalue weighted by atomic mass is 32.1. The van der Waals surface area contributed by atoms with Gasteiger partial charge in [0.2, 0.25) is 5.13 Å². The average Bonchev–Trinajstić information content (AvgIpc) is 3.29. The molecule has 2 aliphatic carbocycles. The first-order valence-electron chi connectivity index (χ1n) is 9.63. The number of fused-ring (bicyclic) bond motifs is 1. The van der Waals surface area contributed by atoms with Crippen molar-refractivity contribution in [3.05, 3.63) is 20.6 Å². The zero-order chi connectivity index (χ0) is 17.8. The molecule has 0 unspecified atom stereocenters. The molecule has 0 aliphatic heterocycles. The van der Waals surface area contributed by atoms with Gasteiger partial charge in [0, 0.05) is 23.8 Å². The predicted octanol–water partition coefficient (Wildman–Crippen LogP) is 4.29. The number of hydrogen-bond acceptors (Lipinski definition) is 6. The lowest BCUT2D eigenvalue weighted by molar-refractivity contribution is 0.252. The number of aromatic nitrogens is 3. The highest BCUT2D eigenvalue weighted by Crippen LogP contribution is 2.35. The van der Waals surface area contributed by atoms with Crippen molar-refractivity contribution in [3.63, 3.8) is 0 Å². The normalized spacial score (nSPS) is 17.7. The van der Waals surface area contributed by atoms with Crippen LogP contribution in [0.1, 0.15) is 71.4 Å². The number of thiazole rings is 1. The van der Waals surface area contributed by atoms with Crippen molar-refractivity contribution in [2.75, 3.05) is 11.9 Å². The average molecular weight is 392 g/mol. The molecule has 2 N–H and O–H groups in total. The molecule has 0 bridgehead atoms.